The summed E-state index contributed by atoms with van der Waals surface area (Å²) in [5.41, 5.74) is 1.69. The normalized spacial score (nSPS) is 13.0. The Balaban J connectivity index is 2.15. The lowest BCUT2D eigenvalue weighted by Crippen LogP contribution is -2.31. The topological polar surface area (TPSA) is 66.8 Å². The summed E-state index contributed by atoms with van der Waals surface area (Å²) in [5.74, 6) is 0.618. The molecule has 0 radical (unpaired) electrons. The number of sulfonamides is 1. The Labute approximate surface area is 143 Å². The van der Waals surface area contributed by atoms with Gasteiger partial charge in [0.25, 0.3) is 0 Å². The average Bonchev–Trinajstić information content (AvgIpc) is 2.61. The van der Waals surface area contributed by atoms with Gasteiger partial charge in [0.2, 0.25) is 10.0 Å². The van der Waals surface area contributed by atoms with Gasteiger partial charge in [-0.05, 0) is 41.8 Å². The zero-order chi connectivity index (χ0) is 17.7. The summed E-state index contributed by atoms with van der Waals surface area (Å²) in [5, 5.41) is 10.3. The van der Waals surface area contributed by atoms with Crippen molar-refractivity contribution in [3.05, 3.63) is 59.7 Å². The fourth-order valence-electron chi connectivity index (χ4n) is 2.37. The SMILES string of the molecule is CCc1ccc(S(=O)(=O)N(C)CC(O)c2cccc(OC)c2)cc1. The first-order valence-corrected chi connectivity index (χ1v) is 9.19. The van der Waals surface area contributed by atoms with Gasteiger partial charge in [0, 0.05) is 13.6 Å². The van der Waals surface area contributed by atoms with Crippen LogP contribution < -0.4 is 4.74 Å². The number of methoxy groups -OCH3 is 1. The van der Waals surface area contributed by atoms with E-state index in [1.807, 2.05) is 6.92 Å². The Morgan fingerprint density at radius 2 is 1.83 bits per heavy atom. The second-order valence-corrected chi connectivity index (χ2v) is 7.62. The van der Waals surface area contributed by atoms with Crippen molar-refractivity contribution < 1.29 is 18.3 Å². The molecular weight excluding hydrogens is 326 g/mol. The third-order valence-electron chi connectivity index (χ3n) is 3.95. The maximum Gasteiger partial charge on any atom is 0.242 e. The molecule has 0 saturated heterocycles. The van der Waals surface area contributed by atoms with Crippen LogP contribution in [0.4, 0.5) is 0 Å². The third-order valence-corrected chi connectivity index (χ3v) is 5.79. The lowest BCUT2D eigenvalue weighted by atomic mass is 10.1. The van der Waals surface area contributed by atoms with E-state index >= 15 is 0 Å². The van der Waals surface area contributed by atoms with E-state index in [9.17, 15) is 13.5 Å². The first-order valence-electron chi connectivity index (χ1n) is 7.75. The predicted octanol–water partition coefficient (Wildman–Crippen LogP) is 2.61. The van der Waals surface area contributed by atoms with E-state index in [4.69, 9.17) is 4.74 Å². The summed E-state index contributed by atoms with van der Waals surface area (Å²) in [6.07, 6.45) is -0.0835. The molecule has 2 aromatic rings. The van der Waals surface area contributed by atoms with E-state index in [0.29, 0.717) is 11.3 Å². The summed E-state index contributed by atoms with van der Waals surface area (Å²) >= 11 is 0. The van der Waals surface area contributed by atoms with Crippen molar-refractivity contribution in [1.29, 1.82) is 0 Å². The zero-order valence-corrected chi connectivity index (χ0v) is 15.0. The molecule has 0 fully saturated rings. The molecule has 0 aromatic heterocycles. The Morgan fingerprint density at radius 1 is 1.17 bits per heavy atom. The molecule has 0 spiro atoms. The van der Waals surface area contributed by atoms with Crippen LogP contribution in [0.3, 0.4) is 0 Å². The molecule has 1 N–H and O–H groups in total. The first-order chi connectivity index (χ1) is 11.4. The predicted molar refractivity (Wildman–Crippen MR) is 93.6 cm³/mol. The maximum absolute atomic E-state index is 12.6. The van der Waals surface area contributed by atoms with Crippen LogP contribution >= 0.6 is 0 Å². The van der Waals surface area contributed by atoms with Crippen LogP contribution in [0.25, 0.3) is 0 Å². The molecule has 0 aliphatic carbocycles. The van der Waals surface area contributed by atoms with Gasteiger partial charge >= 0.3 is 0 Å². The number of ether oxygens (including phenoxy) is 1. The van der Waals surface area contributed by atoms with Crippen LogP contribution in [0, 0.1) is 0 Å². The number of hydrogen-bond donors (Lipinski definition) is 1. The number of nitrogens with zero attached hydrogens (tertiary/aromatic N) is 1. The van der Waals surface area contributed by atoms with Crippen LogP contribution in [0.2, 0.25) is 0 Å². The van der Waals surface area contributed by atoms with Gasteiger partial charge in [-0.1, -0.05) is 31.2 Å². The van der Waals surface area contributed by atoms with E-state index in [1.165, 1.54) is 7.05 Å². The molecule has 0 saturated carbocycles. The summed E-state index contributed by atoms with van der Waals surface area (Å²) < 4.78 is 31.5. The van der Waals surface area contributed by atoms with Gasteiger partial charge in [-0.15, -0.1) is 0 Å². The van der Waals surface area contributed by atoms with Gasteiger partial charge in [0.05, 0.1) is 18.1 Å². The monoisotopic (exact) mass is 349 g/mol. The molecule has 130 valence electrons. The highest BCUT2D eigenvalue weighted by atomic mass is 32.2. The van der Waals surface area contributed by atoms with E-state index in [0.717, 1.165) is 16.3 Å². The minimum atomic E-state index is -3.64. The van der Waals surface area contributed by atoms with Crippen LogP contribution in [0.1, 0.15) is 24.2 Å². The van der Waals surface area contributed by atoms with Crippen molar-refractivity contribution in [2.45, 2.75) is 24.3 Å². The number of benzene rings is 2. The molecule has 2 aromatic carbocycles. The minimum absolute atomic E-state index is 0.0367. The van der Waals surface area contributed by atoms with Gasteiger partial charge in [0.15, 0.2) is 0 Å². The minimum Gasteiger partial charge on any atom is -0.497 e. The van der Waals surface area contributed by atoms with Gasteiger partial charge < -0.3 is 9.84 Å². The fourth-order valence-corrected chi connectivity index (χ4v) is 3.55. The van der Waals surface area contributed by atoms with Crippen molar-refractivity contribution in [1.82, 2.24) is 4.31 Å². The molecular formula is C18H23NO4S. The van der Waals surface area contributed by atoms with Gasteiger partial charge in [-0.2, -0.15) is 4.31 Å². The number of hydrogen-bond acceptors (Lipinski definition) is 4. The number of aliphatic hydroxyl groups excluding tert-OH is 1. The zero-order valence-electron chi connectivity index (χ0n) is 14.1. The fraction of sp³-hybridized carbons (Fsp3) is 0.333. The smallest absolute Gasteiger partial charge is 0.242 e. The van der Waals surface area contributed by atoms with Crippen molar-refractivity contribution in [2.75, 3.05) is 20.7 Å². The average molecular weight is 349 g/mol. The summed E-state index contributed by atoms with van der Waals surface area (Å²) in [7, 11) is -0.632. The number of aryl methyl sites for hydroxylation is 1. The molecule has 5 nitrogen and oxygen atoms in total. The van der Waals surface area contributed by atoms with Crippen LogP contribution in [-0.2, 0) is 16.4 Å². The second kappa shape index (κ2) is 7.79. The number of rotatable bonds is 7. The third kappa shape index (κ3) is 4.14. The molecule has 6 heteroatoms. The molecule has 1 unspecified atom stereocenters. The van der Waals surface area contributed by atoms with E-state index in [1.54, 1.807) is 55.6 Å². The van der Waals surface area contributed by atoms with Gasteiger partial charge in [0.1, 0.15) is 5.75 Å². The molecule has 0 amide bonds. The Morgan fingerprint density at radius 3 is 2.42 bits per heavy atom. The Hall–Kier alpha value is -1.89. The molecule has 2 rings (SSSR count). The van der Waals surface area contributed by atoms with Crippen molar-refractivity contribution >= 4 is 10.0 Å². The molecule has 1 atom stereocenters. The van der Waals surface area contributed by atoms with Crippen LogP contribution in [0.15, 0.2) is 53.4 Å². The number of aliphatic hydroxyl groups is 1. The van der Waals surface area contributed by atoms with E-state index < -0.39 is 16.1 Å². The lowest BCUT2D eigenvalue weighted by molar-refractivity contribution is 0.154. The van der Waals surface area contributed by atoms with Crippen LogP contribution in [0.5, 0.6) is 5.75 Å². The van der Waals surface area contributed by atoms with E-state index in [-0.39, 0.29) is 11.4 Å². The summed E-state index contributed by atoms with van der Waals surface area (Å²) in [6, 6.07) is 13.8. The molecule has 0 aliphatic heterocycles. The second-order valence-electron chi connectivity index (χ2n) is 5.58. The Kier molecular flexibility index (Phi) is 5.99. The van der Waals surface area contributed by atoms with Gasteiger partial charge in [-0.25, -0.2) is 8.42 Å². The van der Waals surface area contributed by atoms with Crippen molar-refractivity contribution in [3.63, 3.8) is 0 Å². The highest BCUT2D eigenvalue weighted by molar-refractivity contribution is 7.89. The van der Waals surface area contributed by atoms with Crippen molar-refractivity contribution in [2.24, 2.45) is 0 Å². The molecule has 0 aliphatic rings. The standard InChI is InChI=1S/C18H23NO4S/c1-4-14-8-10-17(11-9-14)24(21,22)19(2)13-18(20)15-6-5-7-16(12-15)23-3/h5-12,18,20H,4,13H2,1-3H3. The molecule has 0 heterocycles. The van der Waals surface area contributed by atoms with Gasteiger partial charge in [-0.3, -0.25) is 0 Å². The van der Waals surface area contributed by atoms with Crippen LogP contribution in [-0.4, -0.2) is 38.5 Å². The maximum atomic E-state index is 12.6. The summed E-state index contributed by atoms with van der Waals surface area (Å²) in [6.45, 7) is 1.98. The largest absolute Gasteiger partial charge is 0.497 e. The quantitative estimate of drug-likeness (QED) is 0.834. The summed E-state index contributed by atoms with van der Waals surface area (Å²) in [4.78, 5) is 0.222. The Bertz CT molecular complexity index is 772. The highest BCUT2D eigenvalue weighted by Crippen LogP contribution is 2.22. The molecule has 0 bridgehead atoms. The number of likely N-dealkylation sites (N-methyl/N-ethyl adjacent to an activating group) is 1. The highest BCUT2D eigenvalue weighted by Gasteiger charge is 2.23. The lowest BCUT2D eigenvalue weighted by Gasteiger charge is -2.21. The van der Waals surface area contributed by atoms with Crippen molar-refractivity contribution in [3.8, 4) is 5.75 Å². The molecule has 24 heavy (non-hydrogen) atoms. The first kappa shape index (κ1) is 18.4. The van der Waals surface area contributed by atoms with E-state index in [2.05, 4.69) is 0 Å².